The van der Waals surface area contributed by atoms with Crippen LogP contribution < -0.4 is 5.32 Å². The first kappa shape index (κ1) is 31.0. The Kier molecular flexibility index (Phi) is 11.7. The minimum absolute atomic E-state index is 0.0465. The Balaban J connectivity index is 2.11. The molecule has 0 aliphatic heterocycles. The molecule has 0 aromatic heterocycles. The van der Waals surface area contributed by atoms with Crippen molar-refractivity contribution in [1.29, 1.82) is 0 Å². The number of aliphatic hydroxyl groups is 1. The van der Waals surface area contributed by atoms with E-state index in [1.165, 1.54) is 4.31 Å². The number of hydrogen-bond donors (Lipinski definition) is 2. The molecule has 8 nitrogen and oxygen atoms in total. The first-order valence-electron chi connectivity index (χ1n) is 12.5. The maximum atomic E-state index is 13.0. The Bertz CT molecular complexity index is 1190. The van der Waals surface area contributed by atoms with E-state index < -0.39 is 43.8 Å². The number of benzene rings is 2. The van der Waals surface area contributed by atoms with Crippen LogP contribution in [0.15, 0.2) is 60.7 Å². The molecule has 0 fully saturated rings. The van der Waals surface area contributed by atoms with Crippen LogP contribution in [0.5, 0.6) is 0 Å². The van der Waals surface area contributed by atoms with Gasteiger partial charge in [-0.25, -0.2) is 16.8 Å². The first-order chi connectivity index (χ1) is 17.3. The molecule has 2 aromatic rings. The van der Waals surface area contributed by atoms with Gasteiger partial charge in [0.15, 0.2) is 9.84 Å². The van der Waals surface area contributed by atoms with Crippen LogP contribution in [0.4, 0.5) is 0 Å². The molecule has 37 heavy (non-hydrogen) atoms. The van der Waals surface area contributed by atoms with Crippen LogP contribution in [0.3, 0.4) is 0 Å². The molecule has 0 aliphatic rings. The predicted molar refractivity (Wildman–Crippen MR) is 147 cm³/mol. The third kappa shape index (κ3) is 11.3. The van der Waals surface area contributed by atoms with E-state index in [-0.39, 0.29) is 36.9 Å². The standard InChI is InChI=1S/C27H40N2O6S2/c1-21(2)18-29(36(4,32)33)19-26(30)25(17-24-13-9-6-10-14-24)28-27(31)22(3)20-37(34,35)16-15-23-11-7-5-8-12-23/h5-14,21-22,25-26,30H,15-20H2,1-4H3,(H,28,31). The molecule has 3 unspecified atom stereocenters. The molecule has 0 heterocycles. The number of hydrogen-bond acceptors (Lipinski definition) is 6. The lowest BCUT2D eigenvalue weighted by Gasteiger charge is -2.30. The molecule has 0 spiro atoms. The van der Waals surface area contributed by atoms with Gasteiger partial charge < -0.3 is 10.4 Å². The molecule has 1 amide bonds. The fourth-order valence-corrected chi connectivity index (χ4v) is 6.64. The molecular formula is C27H40N2O6S2. The number of carbonyl (C=O) groups is 1. The van der Waals surface area contributed by atoms with Gasteiger partial charge >= 0.3 is 0 Å². The number of aliphatic hydroxyl groups excluding tert-OH is 1. The lowest BCUT2D eigenvalue weighted by atomic mass is 10.00. The highest BCUT2D eigenvalue weighted by molar-refractivity contribution is 7.91. The zero-order valence-corrected chi connectivity index (χ0v) is 23.7. The molecular weight excluding hydrogens is 512 g/mol. The summed E-state index contributed by atoms with van der Waals surface area (Å²) < 4.78 is 51.2. The highest BCUT2D eigenvalue weighted by atomic mass is 32.2. The molecule has 2 N–H and O–H groups in total. The summed E-state index contributed by atoms with van der Waals surface area (Å²) in [4.78, 5) is 13.0. The van der Waals surface area contributed by atoms with Crippen molar-refractivity contribution < 1.29 is 26.7 Å². The summed E-state index contributed by atoms with van der Waals surface area (Å²) in [5.74, 6) is -1.68. The Morgan fingerprint density at radius 2 is 1.43 bits per heavy atom. The molecule has 0 bridgehead atoms. The molecule has 0 aliphatic carbocycles. The van der Waals surface area contributed by atoms with Gasteiger partial charge in [-0.1, -0.05) is 81.4 Å². The predicted octanol–water partition coefficient (Wildman–Crippen LogP) is 2.29. The Hall–Kier alpha value is -2.27. The van der Waals surface area contributed by atoms with E-state index in [1.807, 2.05) is 74.5 Å². The summed E-state index contributed by atoms with van der Waals surface area (Å²) >= 11 is 0. The lowest BCUT2D eigenvalue weighted by molar-refractivity contribution is -0.125. The van der Waals surface area contributed by atoms with Gasteiger partial charge in [0.1, 0.15) is 0 Å². The Morgan fingerprint density at radius 3 is 1.95 bits per heavy atom. The second-order valence-electron chi connectivity index (χ2n) is 10.1. The smallest absolute Gasteiger partial charge is 0.224 e. The zero-order valence-electron chi connectivity index (χ0n) is 22.1. The van der Waals surface area contributed by atoms with Crippen molar-refractivity contribution >= 4 is 25.8 Å². The normalized spacial score (nSPS) is 14.9. The summed E-state index contributed by atoms with van der Waals surface area (Å²) in [6.07, 6.45) is 0.527. The van der Waals surface area contributed by atoms with Crippen molar-refractivity contribution in [1.82, 2.24) is 9.62 Å². The third-order valence-electron chi connectivity index (χ3n) is 6.02. The number of carbonyl (C=O) groups excluding carboxylic acids is 1. The van der Waals surface area contributed by atoms with Crippen LogP contribution in [-0.2, 0) is 37.5 Å². The van der Waals surface area contributed by atoms with E-state index in [2.05, 4.69) is 5.32 Å². The van der Waals surface area contributed by atoms with E-state index in [0.717, 1.165) is 17.4 Å². The fourth-order valence-electron chi connectivity index (χ4n) is 4.02. The minimum Gasteiger partial charge on any atom is -0.390 e. The van der Waals surface area contributed by atoms with Crippen molar-refractivity contribution in [2.75, 3.05) is 30.9 Å². The van der Waals surface area contributed by atoms with Crippen LogP contribution in [0, 0.1) is 11.8 Å². The summed E-state index contributed by atoms with van der Waals surface area (Å²) in [6, 6.07) is 17.7. The van der Waals surface area contributed by atoms with Crippen LogP contribution in [0.2, 0.25) is 0 Å². The van der Waals surface area contributed by atoms with E-state index in [0.29, 0.717) is 6.42 Å². The van der Waals surface area contributed by atoms with Crippen LogP contribution in [-0.4, -0.2) is 75.2 Å². The van der Waals surface area contributed by atoms with Gasteiger partial charge in [-0.05, 0) is 29.9 Å². The lowest BCUT2D eigenvalue weighted by Crippen LogP contribution is -2.52. The number of nitrogens with one attached hydrogen (secondary N) is 1. The maximum Gasteiger partial charge on any atom is 0.224 e. The van der Waals surface area contributed by atoms with Crippen molar-refractivity contribution in [2.45, 2.75) is 45.8 Å². The van der Waals surface area contributed by atoms with Crippen molar-refractivity contribution in [3.05, 3.63) is 71.8 Å². The average molecular weight is 553 g/mol. The van der Waals surface area contributed by atoms with Crippen molar-refractivity contribution in [3.8, 4) is 0 Å². The number of nitrogens with zero attached hydrogens (tertiary/aromatic N) is 1. The topological polar surface area (TPSA) is 121 Å². The summed E-state index contributed by atoms with van der Waals surface area (Å²) in [6.45, 7) is 5.36. The van der Waals surface area contributed by atoms with Crippen LogP contribution in [0.25, 0.3) is 0 Å². The van der Waals surface area contributed by atoms with Gasteiger partial charge in [-0.2, -0.15) is 4.31 Å². The van der Waals surface area contributed by atoms with Gasteiger partial charge in [-0.15, -0.1) is 0 Å². The third-order valence-corrected chi connectivity index (χ3v) is 9.09. The molecule has 10 heteroatoms. The van der Waals surface area contributed by atoms with E-state index in [1.54, 1.807) is 6.92 Å². The average Bonchev–Trinajstić information content (AvgIpc) is 2.82. The second kappa shape index (κ2) is 14.0. The fraction of sp³-hybridized carbons (Fsp3) is 0.519. The molecule has 0 saturated heterocycles. The molecule has 2 aromatic carbocycles. The second-order valence-corrected chi connectivity index (χ2v) is 14.3. The van der Waals surface area contributed by atoms with E-state index >= 15 is 0 Å². The highest BCUT2D eigenvalue weighted by Crippen LogP contribution is 2.13. The summed E-state index contributed by atoms with van der Waals surface area (Å²) in [5, 5.41) is 13.8. The van der Waals surface area contributed by atoms with Gasteiger partial charge in [0.05, 0.1) is 29.9 Å². The monoisotopic (exact) mass is 552 g/mol. The van der Waals surface area contributed by atoms with E-state index in [9.17, 15) is 26.7 Å². The van der Waals surface area contributed by atoms with Crippen LogP contribution >= 0.6 is 0 Å². The van der Waals surface area contributed by atoms with Gasteiger partial charge in [-0.3, -0.25) is 4.79 Å². The van der Waals surface area contributed by atoms with Gasteiger partial charge in [0, 0.05) is 19.0 Å². The number of sulfone groups is 1. The van der Waals surface area contributed by atoms with Gasteiger partial charge in [0.25, 0.3) is 0 Å². The van der Waals surface area contributed by atoms with Gasteiger partial charge in [0.2, 0.25) is 15.9 Å². The first-order valence-corrected chi connectivity index (χ1v) is 16.2. The quantitative estimate of drug-likeness (QED) is 0.350. The van der Waals surface area contributed by atoms with Crippen molar-refractivity contribution in [2.24, 2.45) is 11.8 Å². The molecule has 206 valence electrons. The molecule has 3 atom stereocenters. The minimum atomic E-state index is -3.58. The number of amides is 1. The summed E-state index contributed by atoms with van der Waals surface area (Å²) in [5.41, 5.74) is 1.76. The van der Waals surface area contributed by atoms with Crippen LogP contribution in [0.1, 0.15) is 31.9 Å². The number of rotatable bonds is 15. The Labute approximate surface area is 222 Å². The SMILES string of the molecule is CC(C)CN(CC(O)C(Cc1ccccc1)NC(=O)C(C)CS(=O)(=O)CCc1ccccc1)S(C)(=O)=O. The molecule has 0 saturated carbocycles. The number of sulfonamides is 1. The largest absolute Gasteiger partial charge is 0.390 e. The number of aryl methyl sites for hydroxylation is 1. The molecule has 0 radical (unpaired) electrons. The highest BCUT2D eigenvalue weighted by Gasteiger charge is 2.30. The Morgan fingerprint density at radius 1 is 0.892 bits per heavy atom. The van der Waals surface area contributed by atoms with Crippen molar-refractivity contribution in [3.63, 3.8) is 0 Å². The van der Waals surface area contributed by atoms with E-state index in [4.69, 9.17) is 0 Å². The zero-order chi connectivity index (χ0) is 27.6. The summed E-state index contributed by atoms with van der Waals surface area (Å²) in [7, 11) is -7.08. The molecule has 2 rings (SSSR count). The maximum absolute atomic E-state index is 13.0.